The summed E-state index contributed by atoms with van der Waals surface area (Å²) in [5.41, 5.74) is -0.739. The van der Waals surface area contributed by atoms with E-state index in [-0.39, 0.29) is 18.9 Å². The van der Waals surface area contributed by atoms with Gasteiger partial charge >= 0.3 is 11.9 Å². The molecule has 7 heteroatoms. The van der Waals surface area contributed by atoms with E-state index in [4.69, 9.17) is 21.4 Å². The number of hydrogen-bond donors (Lipinski definition) is 1. The molecule has 0 aromatic carbocycles. The van der Waals surface area contributed by atoms with Gasteiger partial charge in [-0.2, -0.15) is 0 Å². The van der Waals surface area contributed by atoms with Gasteiger partial charge in [0.25, 0.3) is 0 Å². The van der Waals surface area contributed by atoms with Crippen LogP contribution in [0.15, 0.2) is 0 Å². The number of carbonyl (C=O) groups is 3. The van der Waals surface area contributed by atoms with Gasteiger partial charge in [-0.05, 0) is 20.8 Å². The van der Waals surface area contributed by atoms with Crippen molar-refractivity contribution in [3.8, 4) is 0 Å². The van der Waals surface area contributed by atoms with Crippen LogP contribution in [0.25, 0.3) is 0 Å². The number of carbonyl (C=O) groups excluding carboxylic acids is 2. The standard InChI is InChI=1S/C12H18ClNO5/c1-12(2,3)19-11(18)8(5-10(16)17)14-6-7(13)4-9(14)15/h7-8H,4-6H2,1-3H3,(H,16,17)/t7?,8-/m0/s1. The molecule has 1 unspecified atom stereocenters. The number of rotatable bonds is 4. The van der Waals surface area contributed by atoms with Crippen molar-refractivity contribution in [1.29, 1.82) is 0 Å². The number of ether oxygens (including phenoxy) is 1. The van der Waals surface area contributed by atoms with E-state index in [0.29, 0.717) is 0 Å². The molecule has 19 heavy (non-hydrogen) atoms. The van der Waals surface area contributed by atoms with Crippen LogP contribution in [-0.2, 0) is 19.1 Å². The van der Waals surface area contributed by atoms with Gasteiger partial charge in [-0.15, -0.1) is 11.6 Å². The molecule has 1 rings (SSSR count). The Kier molecular flexibility index (Phi) is 4.79. The Labute approximate surface area is 116 Å². The molecule has 1 heterocycles. The van der Waals surface area contributed by atoms with Crippen molar-refractivity contribution in [3.05, 3.63) is 0 Å². The van der Waals surface area contributed by atoms with E-state index in [1.807, 2.05) is 0 Å². The maximum Gasteiger partial charge on any atom is 0.329 e. The average Bonchev–Trinajstić information content (AvgIpc) is 2.51. The SMILES string of the molecule is CC(C)(C)OC(=O)[C@H](CC(=O)O)N1CC(Cl)CC1=O. The molecule has 0 radical (unpaired) electrons. The summed E-state index contributed by atoms with van der Waals surface area (Å²) in [6.45, 7) is 5.20. The molecule has 0 aliphatic carbocycles. The lowest BCUT2D eigenvalue weighted by Crippen LogP contribution is -2.46. The molecule has 0 saturated carbocycles. The highest BCUT2D eigenvalue weighted by atomic mass is 35.5. The van der Waals surface area contributed by atoms with Gasteiger partial charge in [0, 0.05) is 13.0 Å². The Balaban J connectivity index is 2.86. The molecule has 108 valence electrons. The first-order valence-corrected chi connectivity index (χ1v) is 6.42. The maximum absolute atomic E-state index is 12.0. The van der Waals surface area contributed by atoms with Crippen LogP contribution in [0.3, 0.4) is 0 Å². The van der Waals surface area contributed by atoms with Crippen LogP contribution in [0.2, 0.25) is 0 Å². The van der Waals surface area contributed by atoms with Gasteiger partial charge in [-0.1, -0.05) is 0 Å². The van der Waals surface area contributed by atoms with E-state index in [1.54, 1.807) is 20.8 Å². The number of nitrogens with zero attached hydrogens (tertiary/aromatic N) is 1. The molecule has 0 spiro atoms. The lowest BCUT2D eigenvalue weighted by molar-refractivity contribution is -0.166. The van der Waals surface area contributed by atoms with Crippen LogP contribution in [-0.4, -0.2) is 51.4 Å². The lowest BCUT2D eigenvalue weighted by atomic mass is 10.1. The molecule has 1 saturated heterocycles. The van der Waals surface area contributed by atoms with Crippen molar-refractivity contribution < 1.29 is 24.2 Å². The number of carboxylic acids is 1. The topological polar surface area (TPSA) is 83.9 Å². The molecule has 2 atom stereocenters. The molecule has 6 nitrogen and oxygen atoms in total. The van der Waals surface area contributed by atoms with Gasteiger partial charge < -0.3 is 14.7 Å². The number of alkyl halides is 1. The highest BCUT2D eigenvalue weighted by molar-refractivity contribution is 6.22. The van der Waals surface area contributed by atoms with Crippen LogP contribution in [0.5, 0.6) is 0 Å². The van der Waals surface area contributed by atoms with E-state index in [9.17, 15) is 14.4 Å². The molecule has 1 amide bonds. The Hall–Kier alpha value is -1.30. The quantitative estimate of drug-likeness (QED) is 0.617. The zero-order valence-corrected chi connectivity index (χ0v) is 11.9. The zero-order valence-electron chi connectivity index (χ0n) is 11.2. The summed E-state index contributed by atoms with van der Waals surface area (Å²) in [6, 6.07) is -1.12. The smallest absolute Gasteiger partial charge is 0.329 e. The van der Waals surface area contributed by atoms with Crippen LogP contribution in [0.1, 0.15) is 33.6 Å². The minimum atomic E-state index is -1.17. The fourth-order valence-electron chi connectivity index (χ4n) is 1.84. The molecule has 0 aromatic heterocycles. The van der Waals surface area contributed by atoms with E-state index in [2.05, 4.69) is 0 Å². The summed E-state index contributed by atoms with van der Waals surface area (Å²) in [6.07, 6.45) is -0.370. The predicted octanol–water partition coefficient (Wildman–Crippen LogP) is 1.01. The first kappa shape index (κ1) is 15.8. The second kappa shape index (κ2) is 5.77. The summed E-state index contributed by atoms with van der Waals surface area (Å²) in [4.78, 5) is 35.8. The number of likely N-dealkylation sites (tertiary alicyclic amines) is 1. The Morgan fingerprint density at radius 1 is 1.53 bits per heavy atom. The third-order valence-corrected chi connectivity index (χ3v) is 2.83. The Morgan fingerprint density at radius 3 is 2.47 bits per heavy atom. The molecule has 1 N–H and O–H groups in total. The molecule has 1 aliphatic heterocycles. The van der Waals surface area contributed by atoms with Gasteiger partial charge in [0.1, 0.15) is 11.6 Å². The summed E-state index contributed by atoms with van der Waals surface area (Å²) >= 11 is 5.86. The molecule has 0 bridgehead atoms. The molecular weight excluding hydrogens is 274 g/mol. The normalized spacial score (nSPS) is 21.4. The minimum absolute atomic E-state index is 0.112. The number of amides is 1. The van der Waals surface area contributed by atoms with Crippen LogP contribution < -0.4 is 0 Å². The van der Waals surface area contributed by atoms with Crippen molar-refractivity contribution in [3.63, 3.8) is 0 Å². The van der Waals surface area contributed by atoms with Gasteiger partial charge in [0.2, 0.25) is 5.91 Å². The summed E-state index contributed by atoms with van der Waals surface area (Å²) in [5, 5.41) is 8.47. The van der Waals surface area contributed by atoms with Crippen LogP contribution in [0.4, 0.5) is 0 Å². The van der Waals surface area contributed by atoms with Crippen molar-refractivity contribution in [2.45, 2.75) is 50.6 Å². The third-order valence-electron chi connectivity index (χ3n) is 2.53. The van der Waals surface area contributed by atoms with Crippen LogP contribution in [0, 0.1) is 0 Å². The van der Waals surface area contributed by atoms with Gasteiger partial charge in [0.15, 0.2) is 0 Å². The molecular formula is C12H18ClNO5. The number of carboxylic acid groups (broad SMARTS) is 1. The van der Waals surface area contributed by atoms with E-state index >= 15 is 0 Å². The highest BCUT2D eigenvalue weighted by Crippen LogP contribution is 2.22. The van der Waals surface area contributed by atoms with Gasteiger partial charge in [-0.25, -0.2) is 4.79 Å². The first-order valence-electron chi connectivity index (χ1n) is 5.98. The van der Waals surface area contributed by atoms with E-state index in [0.717, 1.165) is 0 Å². The number of esters is 1. The number of halogens is 1. The molecule has 0 aromatic rings. The predicted molar refractivity (Wildman–Crippen MR) is 67.9 cm³/mol. The van der Waals surface area contributed by atoms with Gasteiger partial charge in [-0.3, -0.25) is 9.59 Å². The van der Waals surface area contributed by atoms with E-state index in [1.165, 1.54) is 4.90 Å². The number of aliphatic carboxylic acids is 1. The number of hydrogen-bond acceptors (Lipinski definition) is 4. The Morgan fingerprint density at radius 2 is 2.11 bits per heavy atom. The first-order chi connectivity index (χ1) is 8.60. The fraction of sp³-hybridized carbons (Fsp3) is 0.750. The third kappa shape index (κ3) is 4.70. The van der Waals surface area contributed by atoms with Crippen molar-refractivity contribution in [2.24, 2.45) is 0 Å². The zero-order chi connectivity index (χ0) is 14.8. The van der Waals surface area contributed by atoms with Crippen molar-refractivity contribution in [2.75, 3.05) is 6.54 Å². The highest BCUT2D eigenvalue weighted by Gasteiger charge is 2.40. The second-order valence-corrected chi connectivity index (χ2v) is 6.11. The maximum atomic E-state index is 12.0. The molecule has 1 aliphatic rings. The van der Waals surface area contributed by atoms with Gasteiger partial charge in [0.05, 0.1) is 11.8 Å². The summed E-state index contributed by atoms with van der Waals surface area (Å²) in [5.74, 6) is -2.20. The monoisotopic (exact) mass is 291 g/mol. The second-order valence-electron chi connectivity index (χ2n) is 5.49. The summed E-state index contributed by atoms with van der Waals surface area (Å²) < 4.78 is 5.16. The Bertz CT molecular complexity index is 390. The van der Waals surface area contributed by atoms with E-state index < -0.39 is 35.4 Å². The summed E-state index contributed by atoms with van der Waals surface area (Å²) in [7, 11) is 0. The fourth-order valence-corrected chi connectivity index (χ4v) is 2.12. The van der Waals surface area contributed by atoms with Crippen molar-refractivity contribution >= 4 is 29.4 Å². The van der Waals surface area contributed by atoms with Crippen LogP contribution >= 0.6 is 11.6 Å². The van der Waals surface area contributed by atoms with Crippen molar-refractivity contribution in [1.82, 2.24) is 4.90 Å². The minimum Gasteiger partial charge on any atom is -0.481 e. The average molecular weight is 292 g/mol. The molecule has 1 fully saturated rings. The largest absolute Gasteiger partial charge is 0.481 e. The lowest BCUT2D eigenvalue weighted by Gasteiger charge is -2.28.